The van der Waals surface area contributed by atoms with Crippen molar-refractivity contribution in [1.29, 1.82) is 0 Å². The summed E-state index contributed by atoms with van der Waals surface area (Å²) in [5.41, 5.74) is 0. The highest BCUT2D eigenvalue weighted by molar-refractivity contribution is 5.67. The third-order valence-electron chi connectivity index (χ3n) is 2.50. The summed E-state index contributed by atoms with van der Waals surface area (Å²) >= 11 is 0. The Balaban J connectivity index is 3.68. The van der Waals surface area contributed by atoms with Crippen LogP contribution in [0.5, 0.6) is 0 Å². The summed E-state index contributed by atoms with van der Waals surface area (Å²) in [6.07, 6.45) is 6.13. The van der Waals surface area contributed by atoms with E-state index < -0.39 is 5.97 Å². The van der Waals surface area contributed by atoms with E-state index in [1.54, 1.807) is 0 Å². The van der Waals surface area contributed by atoms with Gasteiger partial charge in [0.1, 0.15) is 0 Å². The second kappa shape index (κ2) is 7.84. The van der Waals surface area contributed by atoms with Crippen molar-refractivity contribution in [2.75, 3.05) is 0 Å². The Bertz CT molecular complexity index is 152. The maximum atomic E-state index is 10.8. The number of carbonyl (C=O) groups excluding carboxylic acids is 1. The van der Waals surface area contributed by atoms with Crippen molar-refractivity contribution >= 4 is 5.97 Å². The highest BCUT2D eigenvalue weighted by Crippen LogP contribution is 2.18. The summed E-state index contributed by atoms with van der Waals surface area (Å²) in [5.74, 6) is -0.647. The fourth-order valence-corrected chi connectivity index (χ4v) is 1.72. The van der Waals surface area contributed by atoms with E-state index in [-0.39, 0.29) is 5.92 Å². The fraction of sp³-hybridized carbons (Fsp3) is 0.917. The van der Waals surface area contributed by atoms with Crippen LogP contribution in [0.1, 0.15) is 59.3 Å². The molecule has 0 aromatic rings. The third-order valence-corrected chi connectivity index (χ3v) is 2.50. The smallest absolute Gasteiger partial charge is 0.0445 e. The van der Waals surface area contributed by atoms with Crippen LogP contribution in [0.2, 0.25) is 0 Å². The summed E-state index contributed by atoms with van der Waals surface area (Å²) < 4.78 is 0. The van der Waals surface area contributed by atoms with Crippen molar-refractivity contribution < 1.29 is 9.90 Å². The molecule has 2 nitrogen and oxygen atoms in total. The zero-order chi connectivity index (χ0) is 11.0. The first-order valence-electron chi connectivity index (χ1n) is 5.78. The minimum absolute atomic E-state index is 0.230. The van der Waals surface area contributed by atoms with Gasteiger partial charge in [0.25, 0.3) is 0 Å². The first-order chi connectivity index (χ1) is 6.57. The molecule has 0 aromatic heterocycles. The van der Waals surface area contributed by atoms with Gasteiger partial charge < -0.3 is 9.90 Å². The van der Waals surface area contributed by atoms with E-state index in [0.29, 0.717) is 5.92 Å². The van der Waals surface area contributed by atoms with Crippen LogP contribution in [-0.2, 0) is 4.79 Å². The number of rotatable bonds is 8. The molecule has 1 unspecified atom stereocenters. The lowest BCUT2D eigenvalue weighted by Crippen LogP contribution is -2.32. The number of carbonyl (C=O) groups is 1. The van der Waals surface area contributed by atoms with Crippen LogP contribution in [0, 0.1) is 11.8 Å². The topological polar surface area (TPSA) is 40.1 Å². The predicted molar refractivity (Wildman–Crippen MR) is 56.7 cm³/mol. The number of carboxylic acid groups (broad SMARTS) is 1. The van der Waals surface area contributed by atoms with Crippen LogP contribution in [0.25, 0.3) is 0 Å². The van der Waals surface area contributed by atoms with Crippen LogP contribution >= 0.6 is 0 Å². The molecule has 0 spiro atoms. The molecule has 0 N–H and O–H groups in total. The van der Waals surface area contributed by atoms with E-state index in [9.17, 15) is 9.90 Å². The number of carboxylic acids is 1. The van der Waals surface area contributed by atoms with Crippen molar-refractivity contribution in [3.63, 3.8) is 0 Å². The zero-order valence-corrected chi connectivity index (χ0v) is 9.71. The minimum Gasteiger partial charge on any atom is -0.550 e. The maximum absolute atomic E-state index is 10.8. The normalized spacial score (nSPS) is 13.1. The summed E-state index contributed by atoms with van der Waals surface area (Å²) in [4.78, 5) is 10.8. The quantitative estimate of drug-likeness (QED) is 0.563. The lowest BCUT2D eigenvalue weighted by Gasteiger charge is -2.19. The second-order valence-electron chi connectivity index (χ2n) is 4.49. The van der Waals surface area contributed by atoms with E-state index in [1.807, 2.05) is 0 Å². The first-order valence-corrected chi connectivity index (χ1v) is 5.78. The van der Waals surface area contributed by atoms with Gasteiger partial charge in [-0.15, -0.1) is 0 Å². The van der Waals surface area contributed by atoms with Gasteiger partial charge in [-0.3, -0.25) is 0 Å². The SMILES string of the molecule is CCCCCCC(CC(C)C)C(=O)[O-]. The summed E-state index contributed by atoms with van der Waals surface area (Å²) in [7, 11) is 0. The summed E-state index contributed by atoms with van der Waals surface area (Å²) in [5, 5.41) is 10.8. The van der Waals surface area contributed by atoms with E-state index >= 15 is 0 Å². The lowest BCUT2D eigenvalue weighted by molar-refractivity contribution is -0.312. The van der Waals surface area contributed by atoms with Crippen molar-refractivity contribution in [3.05, 3.63) is 0 Å². The molecule has 0 bridgehead atoms. The lowest BCUT2D eigenvalue weighted by atomic mass is 9.92. The molecule has 0 rings (SSSR count). The predicted octanol–water partition coefficient (Wildman–Crippen LogP) is 2.37. The molecular weight excluding hydrogens is 176 g/mol. The molecule has 0 saturated heterocycles. The summed E-state index contributed by atoms with van der Waals surface area (Å²) in [6.45, 7) is 6.27. The van der Waals surface area contributed by atoms with E-state index in [2.05, 4.69) is 20.8 Å². The third kappa shape index (κ3) is 6.93. The molecule has 0 amide bonds. The molecule has 0 aromatic carbocycles. The van der Waals surface area contributed by atoms with E-state index in [1.165, 1.54) is 12.8 Å². The van der Waals surface area contributed by atoms with Crippen molar-refractivity contribution in [1.82, 2.24) is 0 Å². The zero-order valence-electron chi connectivity index (χ0n) is 9.71. The number of unbranched alkanes of at least 4 members (excludes halogenated alkanes) is 3. The molecule has 0 fully saturated rings. The van der Waals surface area contributed by atoms with Gasteiger partial charge in [-0.2, -0.15) is 0 Å². The van der Waals surface area contributed by atoms with Gasteiger partial charge in [0.05, 0.1) is 0 Å². The molecule has 0 aliphatic rings. The van der Waals surface area contributed by atoms with Gasteiger partial charge in [-0.25, -0.2) is 0 Å². The Morgan fingerprint density at radius 2 is 1.86 bits per heavy atom. The molecule has 0 heterocycles. The Morgan fingerprint density at radius 3 is 2.29 bits per heavy atom. The fourth-order valence-electron chi connectivity index (χ4n) is 1.72. The molecule has 2 heteroatoms. The molecule has 0 aliphatic heterocycles. The highest BCUT2D eigenvalue weighted by Gasteiger charge is 2.11. The molecule has 84 valence electrons. The monoisotopic (exact) mass is 199 g/mol. The average molecular weight is 199 g/mol. The van der Waals surface area contributed by atoms with Gasteiger partial charge in [-0.1, -0.05) is 46.5 Å². The van der Waals surface area contributed by atoms with Crippen molar-refractivity contribution in [2.45, 2.75) is 59.3 Å². The molecule has 0 saturated carbocycles. The second-order valence-corrected chi connectivity index (χ2v) is 4.49. The minimum atomic E-state index is -0.866. The van der Waals surface area contributed by atoms with Crippen molar-refractivity contribution in [3.8, 4) is 0 Å². The van der Waals surface area contributed by atoms with Gasteiger partial charge in [-0.05, 0) is 24.7 Å². The Kier molecular flexibility index (Phi) is 7.54. The standard InChI is InChI=1S/C12H24O2/c1-4-5-6-7-8-11(12(13)14)9-10(2)3/h10-11H,4-9H2,1-3H3,(H,13,14)/p-1. The van der Waals surface area contributed by atoms with Gasteiger partial charge in [0, 0.05) is 5.97 Å². The molecule has 1 atom stereocenters. The van der Waals surface area contributed by atoms with Crippen molar-refractivity contribution in [2.24, 2.45) is 11.8 Å². The van der Waals surface area contributed by atoms with Crippen LogP contribution in [0.3, 0.4) is 0 Å². The van der Waals surface area contributed by atoms with Gasteiger partial charge >= 0.3 is 0 Å². The van der Waals surface area contributed by atoms with Gasteiger partial charge in [0.15, 0.2) is 0 Å². The molecule has 0 radical (unpaired) electrons. The molecular formula is C12H23O2-. The highest BCUT2D eigenvalue weighted by atomic mass is 16.4. The Labute approximate surface area is 87.7 Å². The molecule has 0 aliphatic carbocycles. The van der Waals surface area contributed by atoms with Gasteiger partial charge in [0.2, 0.25) is 0 Å². The number of hydrogen-bond acceptors (Lipinski definition) is 2. The average Bonchev–Trinajstić information content (AvgIpc) is 2.09. The largest absolute Gasteiger partial charge is 0.550 e. The van der Waals surface area contributed by atoms with Crippen LogP contribution < -0.4 is 5.11 Å². The number of aliphatic carboxylic acids is 1. The van der Waals surface area contributed by atoms with Crippen LogP contribution in [-0.4, -0.2) is 5.97 Å². The molecule has 14 heavy (non-hydrogen) atoms. The maximum Gasteiger partial charge on any atom is 0.0445 e. The number of hydrogen-bond donors (Lipinski definition) is 0. The Hall–Kier alpha value is -0.530. The van der Waals surface area contributed by atoms with Crippen LogP contribution in [0.4, 0.5) is 0 Å². The van der Waals surface area contributed by atoms with Crippen LogP contribution in [0.15, 0.2) is 0 Å². The summed E-state index contributed by atoms with van der Waals surface area (Å²) in [6, 6.07) is 0. The van der Waals surface area contributed by atoms with E-state index in [0.717, 1.165) is 25.7 Å². The first kappa shape index (κ1) is 13.5. The van der Waals surface area contributed by atoms with E-state index in [4.69, 9.17) is 0 Å². The Morgan fingerprint density at radius 1 is 1.21 bits per heavy atom.